The molecule has 0 aliphatic carbocycles. The van der Waals surface area contributed by atoms with Gasteiger partial charge in [-0.3, -0.25) is 0 Å². The van der Waals surface area contributed by atoms with Crippen LogP contribution in [0, 0.1) is 48.5 Å². The fourth-order valence-electron chi connectivity index (χ4n) is 12.8. The van der Waals surface area contributed by atoms with Gasteiger partial charge in [0.1, 0.15) is 0 Å². The second-order valence-corrected chi connectivity index (χ2v) is 22.8. The van der Waals surface area contributed by atoms with Gasteiger partial charge in [0.15, 0.2) is 0 Å². The SMILES string of the molecule is Cc1ccc(-c2c(C)cccc2C)cc1N(c1cccc(-c2ccccc2)c1)c1cc(C(C)C)c2ccc3c(N(c4cc(-c5ccccc5)ccc4C)c4cc(-c5c(C)cccc5C)ccc4C)cc(C(C)C)c4ccc1c2c43. The molecule has 0 saturated carbocycles. The summed E-state index contributed by atoms with van der Waals surface area (Å²) in [4.78, 5) is 5.19. The van der Waals surface area contributed by atoms with E-state index in [0.29, 0.717) is 0 Å². The Morgan fingerprint density at radius 2 is 0.608 bits per heavy atom. The van der Waals surface area contributed by atoms with E-state index in [2.05, 4.69) is 298 Å². The number of benzene rings is 12. The summed E-state index contributed by atoms with van der Waals surface area (Å²) in [5, 5.41) is 7.69. The van der Waals surface area contributed by atoms with Gasteiger partial charge < -0.3 is 9.80 Å². The van der Waals surface area contributed by atoms with Crippen LogP contribution >= 0.6 is 0 Å². The van der Waals surface area contributed by atoms with E-state index in [4.69, 9.17) is 0 Å². The van der Waals surface area contributed by atoms with Crippen LogP contribution in [0.3, 0.4) is 0 Å². The molecule has 12 rings (SSSR count). The lowest BCUT2D eigenvalue weighted by molar-refractivity contribution is 0.875. The van der Waals surface area contributed by atoms with Crippen molar-refractivity contribution < 1.29 is 0 Å². The molecule has 0 aliphatic heterocycles. The van der Waals surface area contributed by atoms with Crippen LogP contribution in [0.25, 0.3) is 76.8 Å². The van der Waals surface area contributed by atoms with Gasteiger partial charge in [0.25, 0.3) is 0 Å². The molecule has 0 saturated heterocycles. The third kappa shape index (κ3) is 9.04. The highest BCUT2D eigenvalue weighted by atomic mass is 15.2. The van der Waals surface area contributed by atoms with Gasteiger partial charge in [-0.25, -0.2) is 0 Å². The van der Waals surface area contributed by atoms with Gasteiger partial charge in [-0.05, 0) is 219 Å². The second kappa shape index (κ2) is 20.6. The van der Waals surface area contributed by atoms with Gasteiger partial charge in [0.05, 0.1) is 11.4 Å². The highest BCUT2D eigenvalue weighted by molar-refractivity contribution is 6.29. The highest BCUT2D eigenvalue weighted by Gasteiger charge is 2.28. The van der Waals surface area contributed by atoms with E-state index in [-0.39, 0.29) is 11.8 Å². The number of anilines is 6. The minimum Gasteiger partial charge on any atom is -0.310 e. The predicted molar refractivity (Wildman–Crippen MR) is 343 cm³/mol. The molecular formula is C77H70N2. The normalized spacial score (nSPS) is 11.7. The Hall–Kier alpha value is -8.72. The van der Waals surface area contributed by atoms with Gasteiger partial charge in [-0.15, -0.1) is 0 Å². The van der Waals surface area contributed by atoms with Crippen molar-refractivity contribution in [1.82, 2.24) is 0 Å². The molecule has 2 heteroatoms. The number of nitrogens with zero attached hydrogens (tertiary/aromatic N) is 2. The minimum absolute atomic E-state index is 0.237. The molecular weight excluding hydrogens is 953 g/mol. The van der Waals surface area contributed by atoms with Crippen LogP contribution in [-0.2, 0) is 0 Å². The van der Waals surface area contributed by atoms with Gasteiger partial charge in [-0.2, -0.15) is 0 Å². The van der Waals surface area contributed by atoms with E-state index in [0.717, 1.165) is 11.4 Å². The summed E-state index contributed by atoms with van der Waals surface area (Å²) in [6, 6.07) is 80.2. The quantitative estimate of drug-likeness (QED) is 0.113. The third-order valence-electron chi connectivity index (χ3n) is 16.9. The van der Waals surface area contributed by atoms with Gasteiger partial charge >= 0.3 is 0 Å². The topological polar surface area (TPSA) is 6.48 Å². The largest absolute Gasteiger partial charge is 0.310 e. The first-order valence-electron chi connectivity index (χ1n) is 28.3. The number of aryl methyl sites for hydroxylation is 7. The molecule has 0 radical (unpaired) electrons. The van der Waals surface area contributed by atoms with E-state index in [1.54, 1.807) is 0 Å². The lowest BCUT2D eigenvalue weighted by Gasteiger charge is -2.33. The number of rotatable bonds is 12. The Kier molecular flexibility index (Phi) is 13.3. The van der Waals surface area contributed by atoms with Crippen molar-refractivity contribution in [2.45, 2.75) is 88.0 Å². The van der Waals surface area contributed by atoms with Crippen molar-refractivity contribution in [2.24, 2.45) is 0 Å². The van der Waals surface area contributed by atoms with Crippen LogP contribution in [-0.4, -0.2) is 0 Å². The van der Waals surface area contributed by atoms with E-state index >= 15 is 0 Å². The maximum Gasteiger partial charge on any atom is 0.0543 e. The molecule has 0 aromatic heterocycles. The first kappa shape index (κ1) is 51.1. The van der Waals surface area contributed by atoms with Crippen LogP contribution in [0.15, 0.2) is 212 Å². The molecule has 0 aliphatic rings. The summed E-state index contributed by atoms with van der Waals surface area (Å²) >= 11 is 0. The van der Waals surface area contributed by atoms with Crippen molar-refractivity contribution >= 4 is 66.4 Å². The van der Waals surface area contributed by atoms with Crippen molar-refractivity contribution in [3.8, 4) is 44.5 Å². The lowest BCUT2D eigenvalue weighted by atomic mass is 9.83. The van der Waals surface area contributed by atoms with Crippen LogP contribution < -0.4 is 9.80 Å². The Morgan fingerprint density at radius 1 is 0.253 bits per heavy atom. The van der Waals surface area contributed by atoms with E-state index in [1.807, 2.05) is 0 Å². The predicted octanol–water partition coefficient (Wildman–Crippen LogP) is 22.6. The van der Waals surface area contributed by atoms with Crippen molar-refractivity contribution in [3.05, 3.63) is 262 Å². The summed E-state index contributed by atoms with van der Waals surface area (Å²) in [5.41, 5.74) is 28.2. The highest BCUT2D eigenvalue weighted by Crippen LogP contribution is 2.53. The average molecular weight is 1020 g/mol. The van der Waals surface area contributed by atoms with Crippen LogP contribution in [0.2, 0.25) is 0 Å². The maximum atomic E-state index is 2.61. The summed E-state index contributed by atoms with van der Waals surface area (Å²) < 4.78 is 0. The first-order valence-corrected chi connectivity index (χ1v) is 28.3. The average Bonchev–Trinajstić information content (AvgIpc) is 3.58. The molecule has 0 amide bonds. The summed E-state index contributed by atoms with van der Waals surface area (Å²) in [6.07, 6.45) is 0. The zero-order chi connectivity index (χ0) is 54.8. The maximum absolute atomic E-state index is 2.61. The molecule has 12 aromatic carbocycles. The van der Waals surface area contributed by atoms with Crippen LogP contribution in [0.1, 0.15) is 89.6 Å². The summed E-state index contributed by atoms with van der Waals surface area (Å²) in [5.74, 6) is 0.475. The minimum atomic E-state index is 0.237. The second-order valence-electron chi connectivity index (χ2n) is 22.8. The Balaban J connectivity index is 1.20. The fourth-order valence-corrected chi connectivity index (χ4v) is 12.8. The number of hydrogen-bond donors (Lipinski definition) is 0. The van der Waals surface area contributed by atoms with E-state index < -0.39 is 0 Å². The summed E-state index contributed by atoms with van der Waals surface area (Å²) in [6.45, 7) is 25.3. The molecule has 0 atom stereocenters. The van der Waals surface area contributed by atoms with Gasteiger partial charge in [-0.1, -0.05) is 198 Å². The number of hydrogen-bond acceptors (Lipinski definition) is 2. The van der Waals surface area contributed by atoms with Crippen molar-refractivity contribution in [2.75, 3.05) is 9.80 Å². The van der Waals surface area contributed by atoms with Crippen molar-refractivity contribution in [1.29, 1.82) is 0 Å². The molecule has 79 heavy (non-hydrogen) atoms. The third-order valence-corrected chi connectivity index (χ3v) is 16.9. The molecule has 0 fully saturated rings. The molecule has 0 heterocycles. The molecule has 2 nitrogen and oxygen atoms in total. The fraction of sp³-hybridized carbons (Fsp3) is 0.169. The monoisotopic (exact) mass is 1020 g/mol. The molecule has 0 N–H and O–H groups in total. The van der Waals surface area contributed by atoms with Gasteiger partial charge in [0, 0.05) is 33.5 Å². The molecule has 0 bridgehead atoms. The molecule has 0 unspecified atom stereocenters. The summed E-state index contributed by atoms with van der Waals surface area (Å²) in [7, 11) is 0. The van der Waals surface area contributed by atoms with E-state index in [9.17, 15) is 0 Å². The first-order chi connectivity index (χ1) is 38.2. The lowest BCUT2D eigenvalue weighted by Crippen LogP contribution is -2.15. The Morgan fingerprint density at radius 3 is 1.05 bits per heavy atom. The molecule has 388 valence electrons. The molecule has 12 aromatic rings. The van der Waals surface area contributed by atoms with Gasteiger partial charge in [0.2, 0.25) is 0 Å². The van der Waals surface area contributed by atoms with Crippen LogP contribution in [0.5, 0.6) is 0 Å². The zero-order valence-electron chi connectivity index (χ0n) is 47.8. The van der Waals surface area contributed by atoms with Crippen molar-refractivity contribution in [3.63, 3.8) is 0 Å². The molecule has 0 spiro atoms. The Labute approximate surface area is 468 Å². The van der Waals surface area contributed by atoms with E-state index in [1.165, 1.54) is 150 Å². The van der Waals surface area contributed by atoms with Crippen LogP contribution in [0.4, 0.5) is 34.1 Å². The Bertz CT molecular complexity index is 4230. The smallest absolute Gasteiger partial charge is 0.0543 e. The zero-order valence-corrected chi connectivity index (χ0v) is 47.8. The standard InChI is InChI=1S/C77H70N2/c1-47(2)67-45-72(78(62-30-20-29-58(41-62)56-25-14-12-15-26-56)69-43-60(35-32-49(69)5)74-52(8)21-18-22-53(74)9)65-39-37-64-68(48(3)4)46-73(66-40-38-63(67)76(65)77(64)66)79(70-42-59(34-31-50(70)6)57-27-16-13-17-28-57)71-44-61(36-33-51(71)7)75-54(10)23-19-24-55(75)11/h12-48H,1-11H3.